The summed E-state index contributed by atoms with van der Waals surface area (Å²) in [5, 5.41) is 0. The first-order valence-electron chi connectivity index (χ1n) is 8.46. The number of aromatic amines is 1. The predicted octanol–water partition coefficient (Wildman–Crippen LogP) is 2.28. The van der Waals surface area contributed by atoms with Crippen LogP contribution in [0.3, 0.4) is 0 Å². The number of aromatic nitrogens is 1. The number of amides is 2. The van der Waals surface area contributed by atoms with Gasteiger partial charge in [0.15, 0.2) is 0 Å². The summed E-state index contributed by atoms with van der Waals surface area (Å²) in [6.07, 6.45) is 2.05. The number of carbonyl (C=O) groups excluding carboxylic acids is 2. The Bertz CT molecular complexity index is 840. The molecule has 3 rings (SSSR count). The quantitative estimate of drug-likeness (QED) is 0.838. The summed E-state index contributed by atoms with van der Waals surface area (Å²) in [5.41, 5.74) is 1.45. The molecule has 0 aliphatic carbocycles. The molecule has 7 heteroatoms. The van der Waals surface area contributed by atoms with Crippen molar-refractivity contribution in [2.75, 3.05) is 33.3 Å². The molecule has 1 aromatic carbocycles. The zero-order valence-electron chi connectivity index (χ0n) is 14.6. The summed E-state index contributed by atoms with van der Waals surface area (Å²) < 4.78 is 5.57. The molecule has 136 valence electrons. The number of pyridine rings is 1. The largest absolute Gasteiger partial charge is 0.497 e. The van der Waals surface area contributed by atoms with E-state index < -0.39 is 0 Å². The van der Waals surface area contributed by atoms with E-state index in [1.807, 2.05) is 24.3 Å². The van der Waals surface area contributed by atoms with Crippen molar-refractivity contribution in [1.82, 2.24) is 14.8 Å². The molecule has 1 saturated heterocycles. The smallest absolute Gasteiger partial charge is 0.256 e. The standard InChI is InChI=1S/C19H21N3O3S/c1-25-15-6-4-14(5-7-15)13-17(23)21-9-11-22(12-10-21)19(24)16-3-2-8-20-18(16)26/h2-8H,9-13H2,1H3,(H,20,26). The molecule has 26 heavy (non-hydrogen) atoms. The topological polar surface area (TPSA) is 65.6 Å². The second kappa shape index (κ2) is 8.14. The SMILES string of the molecule is COc1ccc(CC(=O)N2CCN(C(=O)c3ccc[nH]c3=S)CC2)cc1. The van der Waals surface area contributed by atoms with Gasteiger partial charge in [0.05, 0.1) is 19.1 Å². The zero-order valence-corrected chi connectivity index (χ0v) is 15.4. The minimum atomic E-state index is -0.0888. The fraction of sp³-hybridized carbons (Fsp3) is 0.316. The first-order valence-corrected chi connectivity index (χ1v) is 8.87. The van der Waals surface area contributed by atoms with Gasteiger partial charge in [-0.3, -0.25) is 9.59 Å². The fourth-order valence-electron chi connectivity index (χ4n) is 2.95. The number of nitrogens with zero attached hydrogens (tertiary/aromatic N) is 2. The van der Waals surface area contributed by atoms with Crippen molar-refractivity contribution in [2.24, 2.45) is 0 Å². The molecular weight excluding hydrogens is 350 g/mol. The second-order valence-corrected chi connectivity index (χ2v) is 6.52. The summed E-state index contributed by atoms with van der Waals surface area (Å²) in [5.74, 6) is 0.751. The van der Waals surface area contributed by atoms with Crippen LogP contribution in [0.15, 0.2) is 42.6 Å². The van der Waals surface area contributed by atoms with Crippen molar-refractivity contribution in [3.05, 3.63) is 58.4 Å². The van der Waals surface area contributed by atoms with Crippen LogP contribution in [-0.2, 0) is 11.2 Å². The van der Waals surface area contributed by atoms with Gasteiger partial charge in [0.2, 0.25) is 5.91 Å². The normalized spacial score (nSPS) is 14.2. The average Bonchev–Trinajstić information content (AvgIpc) is 2.68. The maximum atomic E-state index is 12.6. The number of piperazine rings is 1. The van der Waals surface area contributed by atoms with E-state index >= 15 is 0 Å². The highest BCUT2D eigenvalue weighted by Gasteiger charge is 2.25. The maximum absolute atomic E-state index is 12.6. The molecule has 1 N–H and O–H groups in total. The molecule has 2 heterocycles. The summed E-state index contributed by atoms with van der Waals surface area (Å²) in [6.45, 7) is 2.09. The third-order valence-corrected chi connectivity index (χ3v) is 4.82. The summed E-state index contributed by atoms with van der Waals surface area (Å²) in [4.78, 5) is 31.5. The highest BCUT2D eigenvalue weighted by atomic mass is 32.1. The Hall–Kier alpha value is -2.67. The minimum absolute atomic E-state index is 0.0688. The van der Waals surface area contributed by atoms with E-state index in [4.69, 9.17) is 17.0 Å². The van der Waals surface area contributed by atoms with Crippen molar-refractivity contribution in [3.63, 3.8) is 0 Å². The molecule has 1 aliphatic heterocycles. The lowest BCUT2D eigenvalue weighted by Gasteiger charge is -2.34. The molecule has 1 aliphatic rings. The van der Waals surface area contributed by atoms with Gasteiger partial charge in [-0.2, -0.15) is 0 Å². The van der Waals surface area contributed by atoms with E-state index in [0.717, 1.165) is 11.3 Å². The molecular formula is C19H21N3O3S. The summed E-state index contributed by atoms with van der Waals surface area (Å²) in [7, 11) is 1.61. The van der Waals surface area contributed by atoms with E-state index in [2.05, 4.69) is 4.98 Å². The van der Waals surface area contributed by atoms with Crippen LogP contribution >= 0.6 is 12.2 Å². The third-order valence-electron chi connectivity index (χ3n) is 4.48. The van der Waals surface area contributed by atoms with Crippen LogP contribution in [0.1, 0.15) is 15.9 Å². The van der Waals surface area contributed by atoms with Crippen LogP contribution in [0.5, 0.6) is 5.75 Å². The van der Waals surface area contributed by atoms with Gasteiger partial charge in [-0.05, 0) is 29.8 Å². The van der Waals surface area contributed by atoms with E-state index in [0.29, 0.717) is 42.8 Å². The average molecular weight is 371 g/mol. The molecule has 0 unspecified atom stereocenters. The van der Waals surface area contributed by atoms with E-state index in [-0.39, 0.29) is 11.8 Å². The Morgan fingerprint density at radius 2 is 1.73 bits per heavy atom. The third kappa shape index (κ3) is 4.11. The molecule has 0 saturated carbocycles. The highest BCUT2D eigenvalue weighted by molar-refractivity contribution is 7.71. The van der Waals surface area contributed by atoms with E-state index in [9.17, 15) is 9.59 Å². The number of hydrogen-bond donors (Lipinski definition) is 1. The molecule has 0 spiro atoms. The van der Waals surface area contributed by atoms with Crippen LogP contribution in [0.25, 0.3) is 0 Å². The highest BCUT2D eigenvalue weighted by Crippen LogP contribution is 2.14. The van der Waals surface area contributed by atoms with Gasteiger partial charge in [0.25, 0.3) is 5.91 Å². The minimum Gasteiger partial charge on any atom is -0.497 e. The number of H-pyrrole nitrogens is 1. The number of benzene rings is 1. The summed E-state index contributed by atoms with van der Waals surface area (Å²) >= 11 is 5.18. The Balaban J connectivity index is 1.56. The molecule has 0 bridgehead atoms. The van der Waals surface area contributed by atoms with Gasteiger partial charge in [-0.15, -0.1) is 0 Å². The van der Waals surface area contributed by atoms with Crippen molar-refractivity contribution < 1.29 is 14.3 Å². The van der Waals surface area contributed by atoms with Gasteiger partial charge >= 0.3 is 0 Å². The van der Waals surface area contributed by atoms with Crippen LogP contribution in [0, 0.1) is 4.64 Å². The maximum Gasteiger partial charge on any atom is 0.256 e. The molecule has 6 nitrogen and oxygen atoms in total. The first-order chi connectivity index (χ1) is 12.6. The number of carbonyl (C=O) groups is 2. The Labute approximate surface area is 157 Å². The van der Waals surface area contributed by atoms with Gasteiger partial charge in [-0.25, -0.2) is 0 Å². The fourth-order valence-corrected chi connectivity index (χ4v) is 3.17. The van der Waals surface area contributed by atoms with Crippen LogP contribution in [0.4, 0.5) is 0 Å². The Morgan fingerprint density at radius 1 is 1.08 bits per heavy atom. The van der Waals surface area contributed by atoms with E-state index in [1.54, 1.807) is 35.2 Å². The van der Waals surface area contributed by atoms with Gasteiger partial charge in [0.1, 0.15) is 10.4 Å². The predicted molar refractivity (Wildman–Crippen MR) is 101 cm³/mol. The van der Waals surface area contributed by atoms with Gasteiger partial charge in [-0.1, -0.05) is 24.4 Å². The molecule has 2 amide bonds. The molecule has 1 fully saturated rings. The zero-order chi connectivity index (χ0) is 18.5. The number of hydrogen-bond acceptors (Lipinski definition) is 4. The first kappa shape index (κ1) is 18.1. The number of nitrogens with one attached hydrogen (secondary N) is 1. The van der Waals surface area contributed by atoms with Crippen LogP contribution in [0.2, 0.25) is 0 Å². The lowest BCUT2D eigenvalue weighted by molar-refractivity contribution is -0.131. The van der Waals surface area contributed by atoms with Crippen molar-refractivity contribution >= 4 is 24.0 Å². The Morgan fingerprint density at radius 3 is 2.35 bits per heavy atom. The lowest BCUT2D eigenvalue weighted by Crippen LogP contribution is -2.51. The number of ether oxygens (including phenoxy) is 1. The summed E-state index contributed by atoms with van der Waals surface area (Å²) in [6, 6.07) is 11.0. The molecule has 0 atom stereocenters. The van der Waals surface area contributed by atoms with Gasteiger partial charge in [0, 0.05) is 32.4 Å². The van der Waals surface area contributed by atoms with Crippen LogP contribution in [-0.4, -0.2) is 59.9 Å². The van der Waals surface area contributed by atoms with E-state index in [1.165, 1.54) is 0 Å². The number of rotatable bonds is 4. The Kier molecular flexibility index (Phi) is 5.68. The molecule has 0 radical (unpaired) electrons. The van der Waals surface area contributed by atoms with Gasteiger partial charge < -0.3 is 19.5 Å². The number of methoxy groups -OCH3 is 1. The van der Waals surface area contributed by atoms with Crippen molar-refractivity contribution in [3.8, 4) is 5.75 Å². The monoisotopic (exact) mass is 371 g/mol. The van der Waals surface area contributed by atoms with Crippen molar-refractivity contribution in [2.45, 2.75) is 6.42 Å². The van der Waals surface area contributed by atoms with Crippen molar-refractivity contribution in [1.29, 1.82) is 0 Å². The van der Waals surface area contributed by atoms with Crippen LogP contribution < -0.4 is 4.74 Å². The molecule has 2 aromatic rings. The second-order valence-electron chi connectivity index (χ2n) is 6.11. The molecule has 1 aromatic heterocycles. The lowest BCUT2D eigenvalue weighted by atomic mass is 10.1.